The SMILES string of the molecule is CCNC(=O)N(CC(=O)N(Cc1ccccc1)Cc1cccn1C)C1CC1. The first-order valence-corrected chi connectivity index (χ1v) is 9.55. The third-order valence-electron chi connectivity index (χ3n) is 4.86. The molecule has 1 aliphatic rings. The van der Waals surface area contributed by atoms with Gasteiger partial charge in [0.15, 0.2) is 0 Å². The van der Waals surface area contributed by atoms with E-state index in [0.29, 0.717) is 19.6 Å². The van der Waals surface area contributed by atoms with Gasteiger partial charge in [-0.25, -0.2) is 4.79 Å². The molecule has 0 unspecified atom stereocenters. The van der Waals surface area contributed by atoms with Gasteiger partial charge in [-0.15, -0.1) is 0 Å². The molecule has 27 heavy (non-hydrogen) atoms. The first-order chi connectivity index (χ1) is 13.1. The molecule has 0 atom stereocenters. The summed E-state index contributed by atoms with van der Waals surface area (Å²) in [4.78, 5) is 29.0. The Morgan fingerprint density at radius 3 is 2.44 bits per heavy atom. The predicted octanol–water partition coefficient (Wildman–Crippen LogP) is 2.75. The van der Waals surface area contributed by atoms with E-state index in [1.165, 1.54) is 0 Å². The topological polar surface area (TPSA) is 57.6 Å². The zero-order chi connectivity index (χ0) is 19.2. The molecule has 1 N–H and O–H groups in total. The molecule has 1 aromatic carbocycles. The summed E-state index contributed by atoms with van der Waals surface area (Å²) >= 11 is 0. The van der Waals surface area contributed by atoms with Gasteiger partial charge in [-0.05, 0) is 37.5 Å². The molecule has 3 rings (SSSR count). The van der Waals surface area contributed by atoms with Crippen LogP contribution in [0.2, 0.25) is 0 Å². The summed E-state index contributed by atoms with van der Waals surface area (Å²) in [5.74, 6) is -0.0294. The molecule has 1 fully saturated rings. The number of rotatable bonds is 8. The highest BCUT2D eigenvalue weighted by molar-refractivity contribution is 5.84. The van der Waals surface area contributed by atoms with Gasteiger partial charge < -0.3 is 19.7 Å². The predicted molar refractivity (Wildman–Crippen MR) is 105 cm³/mol. The number of carbonyl (C=O) groups excluding carboxylic acids is 2. The third kappa shape index (κ3) is 5.12. The number of hydrogen-bond donors (Lipinski definition) is 1. The minimum atomic E-state index is -0.146. The smallest absolute Gasteiger partial charge is 0.318 e. The Bertz CT molecular complexity index is 767. The van der Waals surface area contributed by atoms with Crippen molar-refractivity contribution in [1.82, 2.24) is 19.7 Å². The molecule has 0 bridgehead atoms. The van der Waals surface area contributed by atoms with Crippen molar-refractivity contribution in [2.45, 2.75) is 38.9 Å². The third-order valence-corrected chi connectivity index (χ3v) is 4.86. The number of hydrogen-bond acceptors (Lipinski definition) is 2. The fourth-order valence-electron chi connectivity index (χ4n) is 3.14. The first-order valence-electron chi connectivity index (χ1n) is 9.55. The van der Waals surface area contributed by atoms with E-state index < -0.39 is 0 Å². The van der Waals surface area contributed by atoms with Crippen LogP contribution in [0.3, 0.4) is 0 Å². The molecule has 0 saturated heterocycles. The Labute approximate surface area is 160 Å². The largest absolute Gasteiger partial charge is 0.353 e. The molecule has 0 spiro atoms. The van der Waals surface area contributed by atoms with Gasteiger partial charge in [-0.3, -0.25) is 4.79 Å². The van der Waals surface area contributed by atoms with Crippen LogP contribution in [0.1, 0.15) is 31.0 Å². The van der Waals surface area contributed by atoms with Crippen LogP contribution in [0.4, 0.5) is 4.79 Å². The van der Waals surface area contributed by atoms with Crippen molar-refractivity contribution in [2.24, 2.45) is 7.05 Å². The van der Waals surface area contributed by atoms with Gasteiger partial charge in [0.1, 0.15) is 6.54 Å². The lowest BCUT2D eigenvalue weighted by Gasteiger charge is -2.28. The number of carbonyl (C=O) groups is 2. The number of urea groups is 1. The van der Waals surface area contributed by atoms with Crippen LogP contribution in [-0.4, -0.2) is 45.4 Å². The van der Waals surface area contributed by atoms with E-state index in [1.807, 2.05) is 72.1 Å². The van der Waals surface area contributed by atoms with Crippen LogP contribution < -0.4 is 5.32 Å². The second-order valence-corrected chi connectivity index (χ2v) is 7.04. The van der Waals surface area contributed by atoms with Gasteiger partial charge in [-0.2, -0.15) is 0 Å². The van der Waals surface area contributed by atoms with Gasteiger partial charge in [-0.1, -0.05) is 30.3 Å². The monoisotopic (exact) mass is 368 g/mol. The molecular weight excluding hydrogens is 340 g/mol. The zero-order valence-electron chi connectivity index (χ0n) is 16.1. The van der Waals surface area contributed by atoms with Crippen LogP contribution in [0.5, 0.6) is 0 Å². The van der Waals surface area contributed by atoms with Crippen LogP contribution in [0, 0.1) is 0 Å². The Morgan fingerprint density at radius 1 is 1.11 bits per heavy atom. The molecule has 3 amide bonds. The lowest BCUT2D eigenvalue weighted by Crippen LogP contribution is -2.47. The highest BCUT2D eigenvalue weighted by Crippen LogP contribution is 2.27. The maximum absolute atomic E-state index is 13.1. The lowest BCUT2D eigenvalue weighted by molar-refractivity contribution is -0.133. The van der Waals surface area contributed by atoms with Crippen molar-refractivity contribution < 1.29 is 9.59 Å². The van der Waals surface area contributed by atoms with Crippen molar-refractivity contribution in [3.63, 3.8) is 0 Å². The Balaban J connectivity index is 1.74. The maximum Gasteiger partial charge on any atom is 0.318 e. The number of aromatic nitrogens is 1. The van der Waals surface area contributed by atoms with Crippen molar-refractivity contribution in [2.75, 3.05) is 13.1 Å². The average Bonchev–Trinajstić information content (AvgIpc) is 3.43. The summed E-state index contributed by atoms with van der Waals surface area (Å²) in [6.45, 7) is 3.62. The second-order valence-electron chi connectivity index (χ2n) is 7.04. The van der Waals surface area contributed by atoms with Crippen LogP contribution in [0.25, 0.3) is 0 Å². The van der Waals surface area contributed by atoms with Gasteiger partial charge in [0, 0.05) is 38.1 Å². The Morgan fingerprint density at radius 2 is 1.85 bits per heavy atom. The number of nitrogens with zero attached hydrogens (tertiary/aromatic N) is 3. The van der Waals surface area contributed by atoms with E-state index in [0.717, 1.165) is 24.1 Å². The lowest BCUT2D eigenvalue weighted by atomic mass is 10.2. The van der Waals surface area contributed by atoms with E-state index in [9.17, 15) is 9.59 Å². The van der Waals surface area contributed by atoms with E-state index >= 15 is 0 Å². The molecule has 1 heterocycles. The number of nitrogens with one attached hydrogen (secondary N) is 1. The fourth-order valence-corrected chi connectivity index (χ4v) is 3.14. The molecule has 0 radical (unpaired) electrons. The van der Waals surface area contributed by atoms with E-state index in [-0.39, 0.29) is 24.5 Å². The van der Waals surface area contributed by atoms with Crippen LogP contribution >= 0.6 is 0 Å². The van der Waals surface area contributed by atoms with Crippen molar-refractivity contribution in [1.29, 1.82) is 0 Å². The maximum atomic E-state index is 13.1. The summed E-state index contributed by atoms with van der Waals surface area (Å²) in [5, 5.41) is 2.83. The van der Waals surface area contributed by atoms with Crippen LogP contribution in [-0.2, 0) is 24.9 Å². The van der Waals surface area contributed by atoms with Crippen LogP contribution in [0.15, 0.2) is 48.7 Å². The molecule has 144 valence electrons. The Hall–Kier alpha value is -2.76. The van der Waals surface area contributed by atoms with Crippen molar-refractivity contribution in [3.05, 3.63) is 59.9 Å². The normalized spacial score (nSPS) is 13.3. The molecule has 1 aromatic heterocycles. The summed E-state index contributed by atoms with van der Waals surface area (Å²) in [7, 11) is 1.98. The van der Waals surface area contributed by atoms with Gasteiger partial charge >= 0.3 is 6.03 Å². The summed E-state index contributed by atoms with van der Waals surface area (Å²) in [6.07, 6.45) is 3.92. The quantitative estimate of drug-likeness (QED) is 0.779. The fraction of sp³-hybridized carbons (Fsp3) is 0.429. The number of aryl methyl sites for hydroxylation is 1. The molecule has 6 nitrogen and oxygen atoms in total. The highest BCUT2D eigenvalue weighted by atomic mass is 16.2. The van der Waals surface area contributed by atoms with Crippen molar-refractivity contribution in [3.8, 4) is 0 Å². The summed E-state index contributed by atoms with van der Waals surface area (Å²) < 4.78 is 2.02. The minimum absolute atomic E-state index is 0.0294. The van der Waals surface area contributed by atoms with Crippen molar-refractivity contribution >= 4 is 11.9 Å². The molecule has 0 aliphatic heterocycles. The average molecular weight is 368 g/mol. The molecule has 1 saturated carbocycles. The number of benzene rings is 1. The number of amides is 3. The molecule has 6 heteroatoms. The van der Waals surface area contributed by atoms with E-state index in [4.69, 9.17) is 0 Å². The Kier molecular flexibility index (Phi) is 6.16. The second kappa shape index (κ2) is 8.75. The van der Waals surface area contributed by atoms with E-state index in [2.05, 4.69) is 5.32 Å². The summed E-state index contributed by atoms with van der Waals surface area (Å²) in [6, 6.07) is 14.0. The van der Waals surface area contributed by atoms with Gasteiger partial charge in [0.05, 0.1) is 6.54 Å². The summed E-state index contributed by atoms with van der Waals surface area (Å²) in [5.41, 5.74) is 2.14. The minimum Gasteiger partial charge on any atom is -0.353 e. The van der Waals surface area contributed by atoms with Gasteiger partial charge in [0.25, 0.3) is 0 Å². The molecular formula is C21H28N4O2. The highest BCUT2D eigenvalue weighted by Gasteiger charge is 2.34. The molecule has 2 aromatic rings. The standard InChI is InChI=1S/C21H28N4O2/c1-3-22-21(27)25(18-11-12-18)16-20(26)24(14-17-8-5-4-6-9-17)15-19-10-7-13-23(19)2/h4-10,13,18H,3,11-12,14-16H2,1-2H3,(H,22,27). The van der Waals surface area contributed by atoms with E-state index in [1.54, 1.807) is 4.90 Å². The molecule has 1 aliphatic carbocycles. The van der Waals surface area contributed by atoms with Gasteiger partial charge in [0.2, 0.25) is 5.91 Å². The zero-order valence-corrected chi connectivity index (χ0v) is 16.1. The first kappa shape index (κ1) is 19.0.